The molecule has 6 heteroatoms. The van der Waals surface area contributed by atoms with Gasteiger partial charge in [0.15, 0.2) is 5.76 Å². The second-order valence-corrected chi connectivity index (χ2v) is 5.73. The van der Waals surface area contributed by atoms with Crippen LogP contribution in [0.2, 0.25) is 0 Å². The van der Waals surface area contributed by atoms with Gasteiger partial charge in [0.05, 0.1) is 17.9 Å². The van der Waals surface area contributed by atoms with E-state index >= 15 is 0 Å². The molecule has 4 rings (SSSR count). The van der Waals surface area contributed by atoms with Crippen molar-refractivity contribution in [1.29, 1.82) is 0 Å². The first-order valence-corrected chi connectivity index (χ1v) is 7.91. The third-order valence-electron chi connectivity index (χ3n) is 4.19. The monoisotopic (exact) mass is 333 g/mol. The van der Waals surface area contributed by atoms with Gasteiger partial charge in [0, 0.05) is 11.1 Å². The van der Waals surface area contributed by atoms with E-state index in [9.17, 15) is 10.1 Å². The molecular weight excluding hydrogens is 318 g/mol. The molecule has 0 saturated heterocycles. The smallest absolute Gasteiger partial charge is 0.216 e. The predicted molar refractivity (Wildman–Crippen MR) is 93.0 cm³/mol. The number of hydrogen-bond acceptors (Lipinski definition) is 4. The molecule has 1 atom stereocenters. The van der Waals surface area contributed by atoms with E-state index in [-0.39, 0.29) is 11.5 Å². The van der Waals surface area contributed by atoms with Gasteiger partial charge in [-0.25, -0.2) is 4.98 Å². The summed E-state index contributed by atoms with van der Waals surface area (Å²) in [6, 6.07) is 18.7. The highest BCUT2D eigenvalue weighted by molar-refractivity contribution is 5.64. The number of benzene rings is 1. The van der Waals surface area contributed by atoms with E-state index in [1.54, 1.807) is 12.3 Å². The maximum Gasteiger partial charge on any atom is 0.216 e. The fraction of sp³-hybridized carbons (Fsp3) is 0.105. The van der Waals surface area contributed by atoms with Crippen molar-refractivity contribution in [1.82, 2.24) is 9.38 Å². The maximum atomic E-state index is 11.4. The number of pyridine rings is 1. The molecule has 1 unspecified atom stereocenters. The van der Waals surface area contributed by atoms with Crippen molar-refractivity contribution >= 4 is 5.65 Å². The van der Waals surface area contributed by atoms with Crippen molar-refractivity contribution in [2.45, 2.75) is 5.92 Å². The average molecular weight is 333 g/mol. The zero-order chi connectivity index (χ0) is 17.2. The van der Waals surface area contributed by atoms with Crippen molar-refractivity contribution < 1.29 is 9.34 Å². The van der Waals surface area contributed by atoms with Crippen LogP contribution in [0.4, 0.5) is 0 Å². The Morgan fingerprint density at radius 3 is 2.60 bits per heavy atom. The van der Waals surface area contributed by atoms with Gasteiger partial charge in [-0.15, -0.1) is 0 Å². The second-order valence-electron chi connectivity index (χ2n) is 5.73. The van der Waals surface area contributed by atoms with Gasteiger partial charge in [-0.3, -0.25) is 10.1 Å². The Morgan fingerprint density at radius 1 is 1.08 bits per heavy atom. The molecule has 6 nitrogen and oxygen atoms in total. The lowest BCUT2D eigenvalue weighted by molar-refractivity contribution is -0.482. The summed E-state index contributed by atoms with van der Waals surface area (Å²) in [5, 5.41) is 11.4. The van der Waals surface area contributed by atoms with E-state index < -0.39 is 5.92 Å². The highest BCUT2D eigenvalue weighted by Crippen LogP contribution is 2.34. The minimum atomic E-state index is -0.436. The van der Waals surface area contributed by atoms with E-state index in [1.165, 1.54) is 0 Å². The molecule has 0 bridgehead atoms. The van der Waals surface area contributed by atoms with Gasteiger partial charge in [0.2, 0.25) is 6.54 Å². The summed E-state index contributed by atoms with van der Waals surface area (Å²) in [5.74, 6) is 0.164. The van der Waals surface area contributed by atoms with Gasteiger partial charge in [-0.2, -0.15) is 0 Å². The Bertz CT molecular complexity index is 1010. The summed E-state index contributed by atoms with van der Waals surface area (Å²) < 4.78 is 7.44. The molecule has 3 heterocycles. The van der Waals surface area contributed by atoms with Crippen molar-refractivity contribution in [3.05, 3.63) is 94.5 Å². The van der Waals surface area contributed by atoms with E-state index in [4.69, 9.17) is 4.42 Å². The van der Waals surface area contributed by atoms with Crippen molar-refractivity contribution in [2.24, 2.45) is 0 Å². The normalized spacial score (nSPS) is 12.3. The van der Waals surface area contributed by atoms with Crippen LogP contribution >= 0.6 is 0 Å². The van der Waals surface area contributed by atoms with Crippen LogP contribution in [0.15, 0.2) is 77.5 Å². The number of hydrogen-bond donors (Lipinski definition) is 0. The molecule has 25 heavy (non-hydrogen) atoms. The maximum absolute atomic E-state index is 11.4. The standard InChI is InChI=1S/C19H15N3O3/c23-22(24)13-15(14-7-2-1-3-8-14)19-18(16-9-6-12-25-16)20-17-10-4-5-11-21(17)19/h1-12,15H,13H2. The lowest BCUT2D eigenvalue weighted by atomic mass is 9.93. The van der Waals surface area contributed by atoms with Crippen molar-refractivity contribution in [3.8, 4) is 11.5 Å². The zero-order valence-electron chi connectivity index (χ0n) is 13.3. The summed E-state index contributed by atoms with van der Waals surface area (Å²) in [4.78, 5) is 15.7. The molecule has 0 fully saturated rings. The fourth-order valence-electron chi connectivity index (χ4n) is 3.13. The van der Waals surface area contributed by atoms with Crippen LogP contribution in [-0.4, -0.2) is 20.9 Å². The Labute approximate surface area is 143 Å². The molecule has 0 spiro atoms. The SMILES string of the molecule is O=[N+]([O-])CC(c1ccccc1)c1c(-c2ccco2)nc2ccccn12. The molecule has 1 aromatic carbocycles. The van der Waals surface area contributed by atoms with Gasteiger partial charge < -0.3 is 8.82 Å². The number of nitrogens with zero attached hydrogens (tertiary/aromatic N) is 3. The first-order valence-electron chi connectivity index (χ1n) is 7.91. The van der Waals surface area contributed by atoms with Gasteiger partial charge >= 0.3 is 0 Å². The summed E-state index contributed by atoms with van der Waals surface area (Å²) >= 11 is 0. The van der Waals surface area contributed by atoms with Crippen LogP contribution < -0.4 is 0 Å². The molecule has 4 aromatic rings. The third-order valence-corrected chi connectivity index (χ3v) is 4.19. The number of aromatic nitrogens is 2. The lowest BCUT2D eigenvalue weighted by Gasteiger charge is -2.15. The minimum Gasteiger partial charge on any atom is -0.463 e. The molecule has 0 N–H and O–H groups in total. The Balaban J connectivity index is 1.99. The average Bonchev–Trinajstić information content (AvgIpc) is 3.28. The minimum absolute atomic E-state index is 0.222. The Kier molecular flexibility index (Phi) is 3.78. The van der Waals surface area contributed by atoms with Crippen LogP contribution in [0.1, 0.15) is 17.2 Å². The number of nitro groups is 1. The van der Waals surface area contributed by atoms with E-state index in [2.05, 4.69) is 4.98 Å². The molecule has 0 amide bonds. The summed E-state index contributed by atoms with van der Waals surface area (Å²) in [5.41, 5.74) is 2.99. The molecule has 124 valence electrons. The fourth-order valence-corrected chi connectivity index (χ4v) is 3.13. The van der Waals surface area contributed by atoms with Crippen molar-refractivity contribution in [2.75, 3.05) is 6.54 Å². The van der Waals surface area contributed by atoms with Crippen LogP contribution in [0.25, 0.3) is 17.1 Å². The zero-order valence-corrected chi connectivity index (χ0v) is 13.3. The Hall–Kier alpha value is -3.41. The number of imidazole rings is 1. The highest BCUT2D eigenvalue weighted by Gasteiger charge is 2.29. The van der Waals surface area contributed by atoms with Gasteiger partial charge in [0.25, 0.3) is 0 Å². The molecule has 0 aliphatic heterocycles. The highest BCUT2D eigenvalue weighted by atomic mass is 16.6. The third kappa shape index (κ3) is 2.78. The van der Waals surface area contributed by atoms with Gasteiger partial charge in [0.1, 0.15) is 11.3 Å². The van der Waals surface area contributed by atoms with Gasteiger partial charge in [-0.05, 0) is 29.8 Å². The van der Waals surface area contributed by atoms with Crippen LogP contribution in [0.3, 0.4) is 0 Å². The van der Waals surface area contributed by atoms with Crippen LogP contribution in [0.5, 0.6) is 0 Å². The van der Waals surface area contributed by atoms with Crippen molar-refractivity contribution in [3.63, 3.8) is 0 Å². The number of rotatable bonds is 5. The first-order chi connectivity index (χ1) is 12.2. The number of furan rings is 1. The van der Waals surface area contributed by atoms with E-state index in [0.29, 0.717) is 11.5 Å². The quantitative estimate of drug-likeness (QED) is 0.409. The van der Waals surface area contributed by atoms with Gasteiger partial charge in [-0.1, -0.05) is 36.4 Å². The largest absolute Gasteiger partial charge is 0.463 e. The molecule has 0 aliphatic rings. The van der Waals surface area contributed by atoms with E-state index in [1.807, 2.05) is 65.2 Å². The first kappa shape index (κ1) is 15.1. The summed E-state index contributed by atoms with van der Waals surface area (Å²) in [6.45, 7) is -0.222. The topological polar surface area (TPSA) is 73.6 Å². The molecular formula is C19H15N3O3. The molecule has 0 saturated carbocycles. The lowest BCUT2D eigenvalue weighted by Crippen LogP contribution is -2.16. The summed E-state index contributed by atoms with van der Waals surface area (Å²) in [6.07, 6.45) is 3.45. The molecule has 0 aliphatic carbocycles. The predicted octanol–water partition coefficient (Wildman–Crippen LogP) is 4.00. The second kappa shape index (κ2) is 6.24. The number of fused-ring (bicyclic) bond motifs is 1. The molecule has 0 radical (unpaired) electrons. The van der Waals surface area contributed by atoms with Crippen LogP contribution in [-0.2, 0) is 0 Å². The summed E-state index contributed by atoms with van der Waals surface area (Å²) in [7, 11) is 0. The molecule has 3 aromatic heterocycles. The Morgan fingerprint density at radius 2 is 1.88 bits per heavy atom. The van der Waals surface area contributed by atoms with E-state index in [0.717, 1.165) is 16.9 Å². The van der Waals surface area contributed by atoms with Crippen LogP contribution in [0, 0.1) is 10.1 Å².